The lowest BCUT2D eigenvalue weighted by atomic mass is 9.94. The van der Waals surface area contributed by atoms with E-state index in [0.717, 1.165) is 48.2 Å². The normalized spacial score (nSPS) is 14.2. The zero-order chi connectivity index (χ0) is 33.2. The van der Waals surface area contributed by atoms with Crippen LogP contribution in [0.1, 0.15) is 43.2 Å². The van der Waals surface area contributed by atoms with E-state index in [-0.39, 0.29) is 30.6 Å². The van der Waals surface area contributed by atoms with Gasteiger partial charge in [0.2, 0.25) is 21.8 Å². The predicted molar refractivity (Wildman–Crippen MR) is 181 cm³/mol. The second-order valence-corrected chi connectivity index (χ2v) is 13.8. The van der Waals surface area contributed by atoms with E-state index in [0.29, 0.717) is 17.1 Å². The molecule has 2 amide bonds. The first-order valence-corrected chi connectivity index (χ1v) is 17.7. The topological polar surface area (TPSA) is 96.0 Å². The predicted octanol–water partition coefficient (Wildman–Crippen LogP) is 6.47. The molecule has 1 N–H and O–H groups in total. The number of rotatable bonds is 13. The van der Waals surface area contributed by atoms with Gasteiger partial charge in [0.15, 0.2) is 0 Å². The number of anilines is 1. The maximum Gasteiger partial charge on any atom is 0.244 e. The second-order valence-electron chi connectivity index (χ2n) is 11.9. The molecule has 8 nitrogen and oxygen atoms in total. The zero-order valence-electron chi connectivity index (χ0n) is 26.4. The minimum atomic E-state index is -3.93. The number of ether oxygens (including phenoxy) is 1. The van der Waals surface area contributed by atoms with Gasteiger partial charge in [-0.1, -0.05) is 79.9 Å². The highest BCUT2D eigenvalue weighted by atomic mass is 32.2. The van der Waals surface area contributed by atoms with Gasteiger partial charge in [-0.05, 0) is 72.5 Å². The van der Waals surface area contributed by atoms with Gasteiger partial charge in [0.05, 0.1) is 11.9 Å². The number of sulfonamides is 1. The molecule has 47 heavy (non-hydrogen) atoms. The lowest BCUT2D eigenvalue weighted by Crippen LogP contribution is -2.55. The average Bonchev–Trinajstić information content (AvgIpc) is 3.07. The minimum Gasteiger partial charge on any atom is -0.457 e. The van der Waals surface area contributed by atoms with Crippen LogP contribution in [0.2, 0.25) is 0 Å². The highest BCUT2D eigenvalue weighted by Gasteiger charge is 2.34. The molecule has 1 aliphatic carbocycles. The third kappa shape index (κ3) is 9.65. The standard InChI is InChI=1S/C37H40FN3O5S/c1-47(44,45)41(32-21-23-34(24-22-32)46-33-15-9-4-10-16-33)27-36(42)40(26-29-17-19-30(38)20-18-29)35(25-28-11-5-2-6-12-28)37(43)39-31-13-7-3-8-14-31/h2,4-6,9-12,15-24,31,35H,3,7-8,13-14,25-27H2,1H3,(H,39,43). The van der Waals surface area contributed by atoms with Crippen LogP contribution < -0.4 is 14.4 Å². The van der Waals surface area contributed by atoms with Crippen LogP contribution in [0, 0.1) is 5.82 Å². The largest absolute Gasteiger partial charge is 0.457 e. The number of hydrogen-bond acceptors (Lipinski definition) is 5. The molecule has 0 aliphatic heterocycles. The van der Waals surface area contributed by atoms with Crippen LogP contribution in [0.3, 0.4) is 0 Å². The molecule has 0 bridgehead atoms. The Hall–Kier alpha value is -4.70. The van der Waals surface area contributed by atoms with Gasteiger partial charge in [-0.2, -0.15) is 0 Å². The van der Waals surface area contributed by atoms with Gasteiger partial charge >= 0.3 is 0 Å². The van der Waals surface area contributed by atoms with Gasteiger partial charge in [-0.25, -0.2) is 12.8 Å². The van der Waals surface area contributed by atoms with Crippen LogP contribution in [0.25, 0.3) is 0 Å². The molecule has 1 atom stereocenters. The molecular formula is C37H40FN3O5S. The number of carbonyl (C=O) groups excluding carboxylic acids is 2. The number of nitrogens with zero attached hydrogens (tertiary/aromatic N) is 2. The van der Waals surface area contributed by atoms with Gasteiger partial charge in [0.25, 0.3) is 0 Å². The van der Waals surface area contributed by atoms with Crippen molar-refractivity contribution in [3.63, 3.8) is 0 Å². The Bertz CT molecular complexity index is 1710. The Balaban J connectivity index is 1.45. The summed E-state index contributed by atoms with van der Waals surface area (Å²) in [4.78, 5) is 29.8. The summed E-state index contributed by atoms with van der Waals surface area (Å²) in [5, 5.41) is 3.17. The second kappa shape index (κ2) is 15.7. The first-order valence-electron chi connectivity index (χ1n) is 15.8. The lowest BCUT2D eigenvalue weighted by molar-refractivity contribution is -0.140. The fraction of sp³-hybridized carbons (Fsp3) is 0.297. The van der Waals surface area contributed by atoms with E-state index >= 15 is 0 Å². The molecule has 10 heteroatoms. The smallest absolute Gasteiger partial charge is 0.244 e. The van der Waals surface area contributed by atoms with E-state index in [1.165, 1.54) is 17.0 Å². The SMILES string of the molecule is CS(=O)(=O)N(CC(=O)N(Cc1ccc(F)cc1)C(Cc1ccccc1)C(=O)NC1CCCCC1)c1ccc(Oc2ccccc2)cc1. The van der Waals surface area contributed by atoms with Crippen molar-refractivity contribution < 1.29 is 27.1 Å². The van der Waals surface area contributed by atoms with Crippen molar-refractivity contribution in [2.75, 3.05) is 17.1 Å². The van der Waals surface area contributed by atoms with E-state index in [2.05, 4.69) is 5.32 Å². The van der Waals surface area contributed by atoms with Gasteiger partial charge in [0.1, 0.15) is 29.9 Å². The summed E-state index contributed by atoms with van der Waals surface area (Å²) in [6.07, 6.45) is 6.14. The summed E-state index contributed by atoms with van der Waals surface area (Å²) in [5.74, 6) is -0.165. The number of nitrogens with one attached hydrogen (secondary N) is 1. The Kier molecular flexibility index (Phi) is 11.3. The zero-order valence-corrected chi connectivity index (χ0v) is 27.2. The van der Waals surface area contributed by atoms with Crippen molar-refractivity contribution >= 4 is 27.5 Å². The third-order valence-corrected chi connectivity index (χ3v) is 9.41. The molecule has 0 heterocycles. The summed E-state index contributed by atoms with van der Waals surface area (Å²) >= 11 is 0. The molecule has 4 aromatic rings. The summed E-state index contributed by atoms with van der Waals surface area (Å²) < 4.78 is 47.0. The summed E-state index contributed by atoms with van der Waals surface area (Å²) in [7, 11) is -3.93. The van der Waals surface area contributed by atoms with Crippen LogP contribution in [0.5, 0.6) is 11.5 Å². The number of amides is 2. The van der Waals surface area contributed by atoms with Crippen LogP contribution in [0.15, 0.2) is 109 Å². The fourth-order valence-electron chi connectivity index (χ4n) is 5.80. The molecule has 1 saturated carbocycles. The van der Waals surface area contributed by atoms with Gasteiger partial charge < -0.3 is 15.0 Å². The van der Waals surface area contributed by atoms with E-state index < -0.39 is 34.3 Å². The van der Waals surface area contributed by atoms with Crippen molar-refractivity contribution in [2.45, 2.75) is 57.2 Å². The van der Waals surface area contributed by atoms with Crippen molar-refractivity contribution in [2.24, 2.45) is 0 Å². The molecule has 5 rings (SSSR count). The number of para-hydroxylation sites is 1. The number of carbonyl (C=O) groups is 2. The van der Waals surface area contributed by atoms with Crippen LogP contribution in [-0.2, 0) is 32.6 Å². The summed E-state index contributed by atoms with van der Waals surface area (Å²) in [6, 6.07) is 29.8. The molecule has 0 aromatic heterocycles. The molecule has 0 spiro atoms. The molecule has 0 radical (unpaired) electrons. The van der Waals surface area contributed by atoms with E-state index in [9.17, 15) is 22.4 Å². The maximum atomic E-state index is 14.3. The van der Waals surface area contributed by atoms with E-state index in [4.69, 9.17) is 4.74 Å². The Labute approximate surface area is 276 Å². The molecule has 0 saturated heterocycles. The molecule has 1 aliphatic rings. The highest BCUT2D eigenvalue weighted by molar-refractivity contribution is 7.92. The van der Waals surface area contributed by atoms with Crippen LogP contribution >= 0.6 is 0 Å². The van der Waals surface area contributed by atoms with Gasteiger partial charge in [-0.3, -0.25) is 13.9 Å². The first kappa shape index (κ1) is 33.7. The molecule has 246 valence electrons. The molecule has 4 aromatic carbocycles. The van der Waals surface area contributed by atoms with E-state index in [1.807, 2.05) is 48.5 Å². The quantitative estimate of drug-likeness (QED) is 0.178. The highest BCUT2D eigenvalue weighted by Crippen LogP contribution is 2.26. The van der Waals surface area contributed by atoms with Crippen molar-refractivity contribution in [3.8, 4) is 11.5 Å². The molecular weight excluding hydrogens is 617 g/mol. The van der Waals surface area contributed by atoms with Gasteiger partial charge in [0, 0.05) is 19.0 Å². The van der Waals surface area contributed by atoms with Crippen LogP contribution in [0.4, 0.5) is 10.1 Å². The van der Waals surface area contributed by atoms with E-state index in [1.54, 1.807) is 48.5 Å². The Morgan fingerprint density at radius 3 is 2.02 bits per heavy atom. The third-order valence-electron chi connectivity index (χ3n) is 8.27. The monoisotopic (exact) mass is 657 g/mol. The minimum absolute atomic E-state index is 0.00133. The van der Waals surface area contributed by atoms with Crippen molar-refractivity contribution in [1.82, 2.24) is 10.2 Å². The number of benzene rings is 4. The fourth-order valence-corrected chi connectivity index (χ4v) is 6.65. The lowest BCUT2D eigenvalue weighted by Gasteiger charge is -2.35. The summed E-state index contributed by atoms with van der Waals surface area (Å²) in [6.45, 7) is -0.558. The molecule has 1 unspecified atom stereocenters. The number of hydrogen-bond donors (Lipinski definition) is 1. The maximum absolute atomic E-state index is 14.3. The number of halogens is 1. The first-order chi connectivity index (χ1) is 22.7. The molecule has 1 fully saturated rings. The van der Waals surface area contributed by atoms with Crippen molar-refractivity contribution in [1.29, 1.82) is 0 Å². The summed E-state index contributed by atoms with van der Waals surface area (Å²) in [5.41, 5.74) is 1.73. The van der Waals surface area contributed by atoms with Crippen LogP contribution in [-0.4, -0.2) is 50.0 Å². The van der Waals surface area contributed by atoms with Crippen molar-refractivity contribution in [3.05, 3.63) is 126 Å². The Morgan fingerprint density at radius 2 is 1.40 bits per heavy atom. The average molecular weight is 658 g/mol. The Morgan fingerprint density at radius 1 is 0.809 bits per heavy atom. The van der Waals surface area contributed by atoms with Gasteiger partial charge in [-0.15, -0.1) is 0 Å².